The lowest BCUT2D eigenvalue weighted by Gasteiger charge is -2.12. The summed E-state index contributed by atoms with van der Waals surface area (Å²) in [6, 6.07) is 22.3. The molecule has 0 amide bonds. The van der Waals surface area contributed by atoms with Crippen LogP contribution in [0, 0.1) is 0 Å². The largest absolute Gasteiger partial charge is 0.309 e. The van der Waals surface area contributed by atoms with Crippen LogP contribution in [-0.4, -0.2) is 28.7 Å². The first-order valence-corrected chi connectivity index (χ1v) is 18.0. The second-order valence-corrected chi connectivity index (χ2v) is 13.4. The van der Waals surface area contributed by atoms with Crippen molar-refractivity contribution < 1.29 is 20.6 Å². The summed E-state index contributed by atoms with van der Waals surface area (Å²) in [5.41, 5.74) is 1.89. The summed E-state index contributed by atoms with van der Waals surface area (Å²) in [4.78, 5) is 14.9. The van der Waals surface area contributed by atoms with E-state index in [1.165, 1.54) is 4.57 Å². The zero-order valence-corrected chi connectivity index (χ0v) is 29.5. The SMILES string of the molecule is [2H]c1c([2H])c([2H])c(-n2c3c([2H])c([2H])c([2H])c([2H])c3c3c([2H])c4c5c([2H])c([2H])c([2H])c([2H])c5n(-c5nc(-c6ccccc6)nc(-c6ccc7c8ccccc8n(-c8ccccc8)c7c6)n5)c4c([2H])c32)c([2H])c1[2H]. The van der Waals surface area contributed by atoms with Crippen molar-refractivity contribution in [3.05, 3.63) is 194 Å². The highest BCUT2D eigenvalue weighted by Gasteiger charge is 2.22. The predicted octanol–water partition coefficient (Wildman–Crippen LogP) is 12.5. The van der Waals surface area contributed by atoms with E-state index in [2.05, 4.69) is 4.57 Å². The van der Waals surface area contributed by atoms with Gasteiger partial charge in [-0.25, -0.2) is 4.98 Å². The number of hydrogen-bond donors (Lipinski definition) is 0. The molecule has 8 aromatic carbocycles. The average molecular weight is 744 g/mol. The summed E-state index contributed by atoms with van der Waals surface area (Å²) in [5, 5.41) is 0.879. The van der Waals surface area contributed by atoms with Crippen LogP contribution in [0.2, 0.25) is 0 Å². The number of para-hydroxylation sites is 5. The van der Waals surface area contributed by atoms with Crippen LogP contribution in [0.5, 0.6) is 0 Å². The third-order valence-electron chi connectivity index (χ3n) is 10.2. The summed E-state index contributed by atoms with van der Waals surface area (Å²) >= 11 is 0. The van der Waals surface area contributed by atoms with E-state index >= 15 is 0 Å². The molecule has 0 atom stereocenters. The van der Waals surface area contributed by atoms with E-state index in [0.717, 1.165) is 32.1 Å². The van der Waals surface area contributed by atoms with Crippen molar-refractivity contribution in [2.75, 3.05) is 0 Å². The van der Waals surface area contributed by atoms with Gasteiger partial charge in [-0.05, 0) is 60.5 Å². The van der Waals surface area contributed by atoms with E-state index in [1.54, 1.807) is 24.3 Å². The second kappa shape index (κ2) is 12.3. The molecule has 0 unspecified atom stereocenters. The fourth-order valence-corrected chi connectivity index (χ4v) is 7.76. The first-order valence-electron chi connectivity index (χ1n) is 25.5. The van der Waals surface area contributed by atoms with Crippen LogP contribution in [-0.2, 0) is 0 Å². The first kappa shape index (κ1) is 20.2. The molecule has 0 bridgehead atoms. The van der Waals surface area contributed by atoms with E-state index in [4.69, 9.17) is 27.3 Å². The summed E-state index contributed by atoms with van der Waals surface area (Å²) in [6.45, 7) is 0. The minimum Gasteiger partial charge on any atom is -0.309 e. The van der Waals surface area contributed by atoms with Crippen molar-refractivity contribution in [3.8, 4) is 40.1 Å². The maximum Gasteiger partial charge on any atom is 0.238 e. The number of benzene rings is 8. The van der Waals surface area contributed by atoms with Gasteiger partial charge in [-0.3, -0.25) is 4.57 Å². The molecule has 0 radical (unpaired) electrons. The van der Waals surface area contributed by atoms with Crippen LogP contribution in [0.4, 0.5) is 0 Å². The molecule has 0 aliphatic rings. The normalized spacial score (nSPS) is 15.5. The van der Waals surface area contributed by atoms with Gasteiger partial charge in [-0.1, -0.05) is 133 Å². The minimum absolute atomic E-state index is 0.122. The molecule has 0 saturated heterocycles. The molecule has 0 aliphatic heterocycles. The van der Waals surface area contributed by atoms with E-state index in [9.17, 15) is 8.22 Å². The van der Waals surface area contributed by atoms with Crippen LogP contribution in [0.15, 0.2) is 194 Å². The molecule has 12 aromatic rings. The van der Waals surface area contributed by atoms with Crippen molar-refractivity contribution in [2.45, 2.75) is 0 Å². The molecular weight excluding hydrogens is 697 g/mol. The monoisotopic (exact) mass is 743 g/mol. The standard InChI is InChI=1S/C51H32N6/c1-4-16-33(17-5-1)49-52-50(34-28-29-40-37-22-10-13-25-43(37)55(46(40)30-34)35-18-6-2-7-19-35)54-51(53-49)57-45-27-15-12-24-39(45)42-31-41-38-23-11-14-26-44(38)56(47(41)32-48(42)57)36-20-8-3-9-21-36/h1-32H/i3D,8D,9D,11D,12D,14D,15D,20D,21D,23D,24D,26D,27D,31D,32D. The molecule has 0 spiro atoms. The van der Waals surface area contributed by atoms with Crippen LogP contribution >= 0.6 is 0 Å². The Morgan fingerprint density at radius 1 is 0.351 bits per heavy atom. The van der Waals surface area contributed by atoms with Crippen LogP contribution in [0.3, 0.4) is 0 Å². The molecule has 6 heteroatoms. The van der Waals surface area contributed by atoms with Crippen molar-refractivity contribution in [2.24, 2.45) is 0 Å². The maximum atomic E-state index is 10.3. The number of nitrogens with zero attached hydrogens (tertiary/aromatic N) is 6. The summed E-state index contributed by atoms with van der Waals surface area (Å²) in [5.74, 6) is 0.0114. The van der Waals surface area contributed by atoms with Crippen LogP contribution in [0.25, 0.3) is 106 Å². The predicted molar refractivity (Wildman–Crippen MR) is 234 cm³/mol. The van der Waals surface area contributed by atoms with Gasteiger partial charge in [0, 0.05) is 54.8 Å². The molecule has 12 rings (SSSR count). The van der Waals surface area contributed by atoms with Gasteiger partial charge in [0.25, 0.3) is 0 Å². The fourth-order valence-electron chi connectivity index (χ4n) is 7.76. The fraction of sp³-hybridized carbons (Fsp3) is 0. The Labute approximate surface area is 348 Å². The van der Waals surface area contributed by atoms with Gasteiger partial charge >= 0.3 is 0 Å². The maximum absolute atomic E-state index is 10.3. The average Bonchev–Trinajstić information content (AvgIpc) is 4.07. The Morgan fingerprint density at radius 2 is 0.930 bits per heavy atom. The zero-order chi connectivity index (χ0) is 50.5. The molecule has 4 aromatic heterocycles. The molecular formula is C51H32N6. The topological polar surface area (TPSA) is 53.5 Å². The van der Waals surface area contributed by atoms with Crippen molar-refractivity contribution >= 4 is 65.4 Å². The van der Waals surface area contributed by atoms with E-state index in [0.29, 0.717) is 11.1 Å². The Balaban J connectivity index is 1.28. The highest BCUT2D eigenvalue weighted by molar-refractivity contribution is 6.19. The molecule has 6 nitrogen and oxygen atoms in total. The van der Waals surface area contributed by atoms with E-state index in [-0.39, 0.29) is 61.2 Å². The Morgan fingerprint density at radius 3 is 1.68 bits per heavy atom. The Hall–Kier alpha value is -7.83. The highest BCUT2D eigenvalue weighted by atomic mass is 15.2. The van der Waals surface area contributed by atoms with Gasteiger partial charge in [-0.15, -0.1) is 0 Å². The number of aromatic nitrogens is 6. The Bertz CT molecular complexity index is 4370. The first-order chi connectivity index (χ1) is 34.5. The van der Waals surface area contributed by atoms with Gasteiger partial charge in [0.2, 0.25) is 5.95 Å². The van der Waals surface area contributed by atoms with Crippen molar-refractivity contribution in [1.29, 1.82) is 0 Å². The molecule has 0 aliphatic carbocycles. The summed E-state index contributed by atoms with van der Waals surface area (Å²) in [7, 11) is 0. The van der Waals surface area contributed by atoms with Gasteiger partial charge < -0.3 is 9.13 Å². The third kappa shape index (κ3) is 4.81. The zero-order valence-electron chi connectivity index (χ0n) is 44.5. The van der Waals surface area contributed by atoms with Gasteiger partial charge in [0.15, 0.2) is 11.6 Å². The molecule has 4 heterocycles. The van der Waals surface area contributed by atoms with Gasteiger partial charge in [0.05, 0.1) is 53.7 Å². The lowest BCUT2D eigenvalue weighted by Crippen LogP contribution is -2.06. The minimum atomic E-state index is -0.771. The number of rotatable bonds is 5. The highest BCUT2D eigenvalue weighted by Crippen LogP contribution is 2.40. The quantitative estimate of drug-likeness (QED) is 0.176. The summed E-state index contributed by atoms with van der Waals surface area (Å²) < 4.78 is 141. The third-order valence-corrected chi connectivity index (χ3v) is 10.2. The number of hydrogen-bond acceptors (Lipinski definition) is 3. The van der Waals surface area contributed by atoms with Gasteiger partial charge in [-0.2, -0.15) is 9.97 Å². The molecule has 266 valence electrons. The lowest BCUT2D eigenvalue weighted by molar-refractivity contribution is 0.953. The molecule has 0 fully saturated rings. The Kier molecular flexibility index (Phi) is 4.37. The second-order valence-electron chi connectivity index (χ2n) is 13.4. The lowest BCUT2D eigenvalue weighted by atomic mass is 10.1. The van der Waals surface area contributed by atoms with Crippen LogP contribution in [0.1, 0.15) is 20.6 Å². The van der Waals surface area contributed by atoms with Crippen LogP contribution < -0.4 is 0 Å². The number of fused-ring (bicyclic) bond motifs is 9. The van der Waals surface area contributed by atoms with Crippen molar-refractivity contribution in [3.63, 3.8) is 0 Å². The van der Waals surface area contributed by atoms with Gasteiger partial charge in [0.1, 0.15) is 0 Å². The van der Waals surface area contributed by atoms with Crippen molar-refractivity contribution in [1.82, 2.24) is 28.7 Å². The molecule has 0 saturated carbocycles. The smallest absolute Gasteiger partial charge is 0.238 e. The molecule has 57 heavy (non-hydrogen) atoms. The van der Waals surface area contributed by atoms with E-state index < -0.39 is 96.3 Å². The van der Waals surface area contributed by atoms with E-state index in [1.807, 2.05) is 78.9 Å². The summed E-state index contributed by atoms with van der Waals surface area (Å²) in [6.07, 6.45) is 0. The molecule has 0 N–H and O–H groups in total.